The first-order chi connectivity index (χ1) is 15.5. The number of aliphatic hydroxyl groups excluding tert-OH is 2. The van der Waals surface area contributed by atoms with E-state index in [1.807, 2.05) is 24.3 Å². The number of rotatable bonds is 2. The molecular weight excluding hydrogens is 587 g/mol. The molecular formula is C29H36IrNO2-. The topological polar surface area (TPSA) is 53.4 Å². The molecule has 1 aromatic heterocycles. The van der Waals surface area contributed by atoms with Gasteiger partial charge in [-0.25, -0.2) is 0 Å². The van der Waals surface area contributed by atoms with Crippen molar-refractivity contribution in [3.05, 3.63) is 66.2 Å². The van der Waals surface area contributed by atoms with Gasteiger partial charge in [0.25, 0.3) is 0 Å². The first-order valence-electron chi connectivity index (χ1n) is 12.3. The minimum absolute atomic E-state index is 0. The van der Waals surface area contributed by atoms with Gasteiger partial charge in [-0.15, -0.1) is 35.9 Å². The van der Waals surface area contributed by atoms with Gasteiger partial charge in [0.2, 0.25) is 0 Å². The van der Waals surface area contributed by atoms with E-state index in [-0.39, 0.29) is 38.2 Å². The molecule has 1 radical (unpaired) electrons. The van der Waals surface area contributed by atoms with Gasteiger partial charge < -0.3 is 10.2 Å². The van der Waals surface area contributed by atoms with Crippen LogP contribution in [-0.4, -0.2) is 27.4 Å². The van der Waals surface area contributed by atoms with Crippen LogP contribution in [0.1, 0.15) is 70.3 Å². The van der Waals surface area contributed by atoms with E-state index < -0.39 is 0 Å². The second kappa shape index (κ2) is 12.2. The van der Waals surface area contributed by atoms with Crippen LogP contribution in [0, 0.1) is 17.9 Å². The first-order valence-corrected chi connectivity index (χ1v) is 12.3. The molecule has 2 aromatic carbocycles. The summed E-state index contributed by atoms with van der Waals surface area (Å²) in [7, 11) is 0. The normalized spacial score (nSPS) is 24.8. The van der Waals surface area contributed by atoms with Gasteiger partial charge in [-0.1, -0.05) is 57.4 Å². The number of hydrogen-bond acceptors (Lipinski definition) is 3. The van der Waals surface area contributed by atoms with Crippen LogP contribution in [0.4, 0.5) is 0 Å². The van der Waals surface area contributed by atoms with Gasteiger partial charge in [0.05, 0.1) is 17.7 Å². The molecule has 3 nitrogen and oxygen atoms in total. The van der Waals surface area contributed by atoms with Gasteiger partial charge in [0.1, 0.15) is 0 Å². The maximum Gasteiger partial charge on any atom is 0.0598 e. The Hall–Kier alpha value is -1.58. The standard InChI is InChI=1S/C18H16N.C11H20O2.Ir/c1-13(2)16-9-8-15-10-11-17(19-18(15)12-16)14-6-4-3-5-7-14;12-9-6-2-1-4-8-5-3-7-10(13)11(8)9;/h3-6,8-13H,1-2H3;8-13H,1-7H2;/q-1;;. The second-order valence-corrected chi connectivity index (χ2v) is 9.77. The Labute approximate surface area is 212 Å². The fourth-order valence-electron chi connectivity index (χ4n) is 5.34. The Morgan fingerprint density at radius 1 is 0.879 bits per heavy atom. The van der Waals surface area contributed by atoms with Crippen molar-refractivity contribution in [1.82, 2.24) is 4.98 Å². The largest absolute Gasteiger partial charge is 0.393 e. The molecule has 4 atom stereocenters. The monoisotopic (exact) mass is 623 g/mol. The Morgan fingerprint density at radius 2 is 1.58 bits per heavy atom. The molecule has 2 N–H and O–H groups in total. The summed E-state index contributed by atoms with van der Waals surface area (Å²) in [5.74, 6) is 1.32. The number of nitrogens with zero attached hydrogens (tertiary/aromatic N) is 1. The fourth-order valence-corrected chi connectivity index (χ4v) is 5.34. The summed E-state index contributed by atoms with van der Waals surface area (Å²) in [6.07, 6.45) is 7.31. The molecule has 0 bridgehead atoms. The molecule has 0 saturated heterocycles. The van der Waals surface area contributed by atoms with Gasteiger partial charge >= 0.3 is 0 Å². The Bertz CT molecular complexity index is 1010. The van der Waals surface area contributed by atoms with Crippen molar-refractivity contribution in [3.63, 3.8) is 0 Å². The van der Waals surface area contributed by atoms with Crippen molar-refractivity contribution in [1.29, 1.82) is 0 Å². The van der Waals surface area contributed by atoms with Gasteiger partial charge in [-0.3, -0.25) is 4.98 Å². The number of aliphatic hydroxyl groups is 2. The summed E-state index contributed by atoms with van der Waals surface area (Å²) in [6, 6.07) is 21.9. The molecule has 4 unspecified atom stereocenters. The Balaban J connectivity index is 0.000000192. The van der Waals surface area contributed by atoms with Crippen molar-refractivity contribution in [3.8, 4) is 11.3 Å². The number of aromatic nitrogens is 1. The van der Waals surface area contributed by atoms with Crippen LogP contribution in [0.25, 0.3) is 22.2 Å². The number of hydrogen-bond donors (Lipinski definition) is 2. The van der Waals surface area contributed by atoms with Crippen LogP contribution in [0.2, 0.25) is 0 Å². The van der Waals surface area contributed by atoms with Crippen molar-refractivity contribution >= 4 is 10.9 Å². The summed E-state index contributed by atoms with van der Waals surface area (Å²) in [4.78, 5) is 4.76. The zero-order chi connectivity index (χ0) is 22.5. The molecule has 2 aliphatic carbocycles. The maximum atomic E-state index is 9.89. The Morgan fingerprint density at radius 3 is 2.30 bits per heavy atom. The predicted octanol–water partition coefficient (Wildman–Crippen LogP) is 6.52. The molecule has 0 aliphatic heterocycles. The maximum absolute atomic E-state index is 9.89. The van der Waals surface area contributed by atoms with E-state index in [4.69, 9.17) is 4.98 Å². The van der Waals surface area contributed by atoms with Gasteiger partial charge in [-0.2, -0.15) is 0 Å². The van der Waals surface area contributed by atoms with Crippen molar-refractivity contribution in [2.75, 3.05) is 0 Å². The molecule has 0 spiro atoms. The molecule has 5 rings (SSSR count). The number of fused-ring (bicyclic) bond motifs is 2. The quantitative estimate of drug-likeness (QED) is 0.320. The molecule has 2 fully saturated rings. The molecule has 179 valence electrons. The summed E-state index contributed by atoms with van der Waals surface area (Å²) in [6.45, 7) is 4.41. The van der Waals surface area contributed by atoms with Crippen LogP contribution in [0.3, 0.4) is 0 Å². The van der Waals surface area contributed by atoms with E-state index >= 15 is 0 Å². The van der Waals surface area contributed by atoms with Crippen LogP contribution in [-0.2, 0) is 20.1 Å². The first kappa shape index (κ1) is 26.0. The molecule has 3 aromatic rings. The summed E-state index contributed by atoms with van der Waals surface area (Å²) in [5.41, 5.74) is 4.41. The molecule has 2 saturated carbocycles. The van der Waals surface area contributed by atoms with Gasteiger partial charge in [0, 0.05) is 26.0 Å². The minimum Gasteiger partial charge on any atom is -0.393 e. The molecule has 2 aliphatic rings. The minimum atomic E-state index is -0.234. The van der Waals surface area contributed by atoms with E-state index in [1.165, 1.54) is 30.2 Å². The van der Waals surface area contributed by atoms with Crippen molar-refractivity contribution in [2.45, 2.75) is 76.9 Å². The molecule has 1 heterocycles. The van der Waals surface area contributed by atoms with Crippen LogP contribution < -0.4 is 0 Å². The van der Waals surface area contributed by atoms with Crippen LogP contribution in [0.5, 0.6) is 0 Å². The number of benzene rings is 2. The second-order valence-electron chi connectivity index (χ2n) is 9.77. The summed E-state index contributed by atoms with van der Waals surface area (Å²) >= 11 is 0. The van der Waals surface area contributed by atoms with Crippen LogP contribution in [0.15, 0.2) is 54.6 Å². The van der Waals surface area contributed by atoms with E-state index in [0.717, 1.165) is 42.5 Å². The van der Waals surface area contributed by atoms with E-state index in [2.05, 4.69) is 50.2 Å². The van der Waals surface area contributed by atoms with E-state index in [1.54, 1.807) is 0 Å². The number of pyridine rings is 1. The van der Waals surface area contributed by atoms with Gasteiger partial charge in [-0.05, 0) is 60.2 Å². The van der Waals surface area contributed by atoms with Crippen molar-refractivity contribution in [2.24, 2.45) is 11.8 Å². The SMILES string of the molecule is CC(C)c1ccc2ccc(-c3[c-]cccc3)nc2c1.OC1CCCCC2CCCC(O)C12.[Ir]. The van der Waals surface area contributed by atoms with E-state index in [0.29, 0.717) is 11.8 Å². The third-order valence-electron chi connectivity index (χ3n) is 7.20. The summed E-state index contributed by atoms with van der Waals surface area (Å²) < 4.78 is 0. The van der Waals surface area contributed by atoms with Crippen LogP contribution >= 0.6 is 0 Å². The average Bonchev–Trinajstić information content (AvgIpc) is 3.01. The Kier molecular flexibility index (Phi) is 9.64. The molecule has 33 heavy (non-hydrogen) atoms. The third kappa shape index (κ3) is 6.51. The predicted molar refractivity (Wildman–Crippen MR) is 131 cm³/mol. The zero-order valence-electron chi connectivity index (χ0n) is 19.7. The zero-order valence-corrected chi connectivity index (χ0v) is 22.1. The van der Waals surface area contributed by atoms with Crippen molar-refractivity contribution < 1.29 is 30.3 Å². The molecule has 4 heteroatoms. The smallest absolute Gasteiger partial charge is 0.0598 e. The van der Waals surface area contributed by atoms with Gasteiger partial charge in [0.15, 0.2) is 0 Å². The fraction of sp³-hybridized carbons (Fsp3) is 0.483. The molecule has 0 amide bonds. The van der Waals surface area contributed by atoms with E-state index in [9.17, 15) is 10.2 Å². The third-order valence-corrected chi connectivity index (χ3v) is 7.20. The average molecular weight is 623 g/mol. The summed E-state index contributed by atoms with van der Waals surface area (Å²) in [5, 5.41) is 20.9.